The predicted molar refractivity (Wildman–Crippen MR) is 69.4 cm³/mol. The molecular formula is C15H26O. The Balaban J connectivity index is 2.71. The summed E-state index contributed by atoms with van der Waals surface area (Å²) >= 11 is 0. The minimum Gasteiger partial charge on any atom is -0.295 e. The second-order valence-electron chi connectivity index (χ2n) is 6.17. The van der Waals surface area contributed by atoms with Crippen LogP contribution in [0.2, 0.25) is 0 Å². The molecule has 1 nitrogen and oxygen atoms in total. The third-order valence-electron chi connectivity index (χ3n) is 4.78. The highest BCUT2D eigenvalue weighted by Gasteiger charge is 2.43. The number of carbonyl (C=O) groups is 1. The molecule has 0 aromatic rings. The highest BCUT2D eigenvalue weighted by Crippen LogP contribution is 2.54. The SMILES string of the molecule is CCC(=O)C(C)=CCC1(C)CCCC1(C)C. The van der Waals surface area contributed by atoms with Gasteiger partial charge in [0.15, 0.2) is 5.78 Å². The molecule has 1 aliphatic rings. The number of ketones is 1. The van der Waals surface area contributed by atoms with E-state index in [1.807, 2.05) is 13.8 Å². The first-order chi connectivity index (χ1) is 7.32. The van der Waals surface area contributed by atoms with Gasteiger partial charge in [0.25, 0.3) is 0 Å². The van der Waals surface area contributed by atoms with Gasteiger partial charge in [-0.1, -0.05) is 40.2 Å². The highest BCUT2D eigenvalue weighted by atomic mass is 16.1. The van der Waals surface area contributed by atoms with Crippen LogP contribution >= 0.6 is 0 Å². The molecular weight excluding hydrogens is 196 g/mol. The molecule has 0 saturated heterocycles. The van der Waals surface area contributed by atoms with Crippen LogP contribution in [-0.4, -0.2) is 5.78 Å². The zero-order valence-corrected chi connectivity index (χ0v) is 11.5. The lowest BCUT2D eigenvalue weighted by atomic mass is 9.67. The van der Waals surface area contributed by atoms with Crippen LogP contribution in [0.25, 0.3) is 0 Å². The van der Waals surface area contributed by atoms with Gasteiger partial charge in [0, 0.05) is 6.42 Å². The molecule has 0 aliphatic heterocycles. The molecule has 0 radical (unpaired) electrons. The molecule has 0 amide bonds. The molecule has 0 aromatic heterocycles. The fourth-order valence-electron chi connectivity index (χ4n) is 2.71. The second kappa shape index (κ2) is 4.73. The van der Waals surface area contributed by atoms with Crippen molar-refractivity contribution in [2.45, 2.75) is 66.7 Å². The van der Waals surface area contributed by atoms with E-state index in [-0.39, 0.29) is 0 Å². The minimum absolute atomic E-state index is 0.291. The van der Waals surface area contributed by atoms with Crippen molar-refractivity contribution in [2.75, 3.05) is 0 Å². The van der Waals surface area contributed by atoms with E-state index in [1.165, 1.54) is 19.3 Å². The molecule has 1 aliphatic carbocycles. The smallest absolute Gasteiger partial charge is 0.157 e. The molecule has 1 saturated carbocycles. The van der Waals surface area contributed by atoms with Gasteiger partial charge in [-0.15, -0.1) is 0 Å². The normalized spacial score (nSPS) is 29.4. The lowest BCUT2D eigenvalue weighted by Gasteiger charge is -2.38. The van der Waals surface area contributed by atoms with Crippen molar-refractivity contribution in [2.24, 2.45) is 10.8 Å². The fraction of sp³-hybridized carbons (Fsp3) is 0.800. The van der Waals surface area contributed by atoms with Crippen LogP contribution in [0.4, 0.5) is 0 Å². The first-order valence-electron chi connectivity index (χ1n) is 6.52. The van der Waals surface area contributed by atoms with Gasteiger partial charge >= 0.3 is 0 Å². The van der Waals surface area contributed by atoms with E-state index in [9.17, 15) is 4.79 Å². The van der Waals surface area contributed by atoms with Crippen LogP contribution < -0.4 is 0 Å². The molecule has 1 atom stereocenters. The molecule has 1 rings (SSSR count). The van der Waals surface area contributed by atoms with Crippen LogP contribution in [0.5, 0.6) is 0 Å². The van der Waals surface area contributed by atoms with Gasteiger partial charge in [-0.2, -0.15) is 0 Å². The van der Waals surface area contributed by atoms with E-state index in [0.29, 0.717) is 23.0 Å². The van der Waals surface area contributed by atoms with Gasteiger partial charge < -0.3 is 0 Å². The number of hydrogen-bond donors (Lipinski definition) is 0. The summed E-state index contributed by atoms with van der Waals surface area (Å²) in [6, 6.07) is 0. The Labute approximate surface area is 100 Å². The van der Waals surface area contributed by atoms with E-state index < -0.39 is 0 Å². The van der Waals surface area contributed by atoms with Crippen molar-refractivity contribution < 1.29 is 4.79 Å². The zero-order valence-electron chi connectivity index (χ0n) is 11.5. The molecule has 0 bridgehead atoms. The van der Waals surface area contributed by atoms with Crippen molar-refractivity contribution in [1.29, 1.82) is 0 Å². The van der Waals surface area contributed by atoms with E-state index in [1.54, 1.807) is 0 Å². The van der Waals surface area contributed by atoms with Crippen molar-refractivity contribution in [3.8, 4) is 0 Å². The Kier molecular flexibility index (Phi) is 3.98. The predicted octanol–water partition coefficient (Wildman–Crippen LogP) is 4.52. The van der Waals surface area contributed by atoms with E-state index in [2.05, 4.69) is 26.8 Å². The Morgan fingerprint density at radius 1 is 1.25 bits per heavy atom. The summed E-state index contributed by atoms with van der Waals surface area (Å²) in [6.45, 7) is 11.0. The second-order valence-corrected chi connectivity index (χ2v) is 6.17. The monoisotopic (exact) mass is 222 g/mol. The Morgan fingerprint density at radius 3 is 2.31 bits per heavy atom. The number of carbonyl (C=O) groups excluding carboxylic acids is 1. The van der Waals surface area contributed by atoms with E-state index >= 15 is 0 Å². The largest absolute Gasteiger partial charge is 0.295 e. The Bertz CT molecular complexity index is 299. The quantitative estimate of drug-likeness (QED) is 0.639. The van der Waals surface area contributed by atoms with Crippen molar-refractivity contribution in [1.82, 2.24) is 0 Å². The van der Waals surface area contributed by atoms with E-state index in [0.717, 1.165) is 12.0 Å². The maximum atomic E-state index is 11.5. The summed E-state index contributed by atoms with van der Waals surface area (Å²) in [7, 11) is 0. The Hall–Kier alpha value is -0.590. The third-order valence-corrected chi connectivity index (χ3v) is 4.78. The van der Waals surface area contributed by atoms with Crippen LogP contribution in [0, 0.1) is 10.8 Å². The molecule has 0 N–H and O–H groups in total. The average Bonchev–Trinajstić information content (AvgIpc) is 2.49. The molecule has 1 fully saturated rings. The maximum absolute atomic E-state index is 11.5. The molecule has 0 spiro atoms. The fourth-order valence-corrected chi connectivity index (χ4v) is 2.71. The van der Waals surface area contributed by atoms with E-state index in [4.69, 9.17) is 0 Å². The highest BCUT2D eigenvalue weighted by molar-refractivity contribution is 5.94. The summed E-state index contributed by atoms with van der Waals surface area (Å²) in [5.41, 5.74) is 1.74. The number of Topliss-reactive ketones (excluding diaryl/α,β-unsaturated/α-hetero) is 1. The first kappa shape index (κ1) is 13.5. The van der Waals surface area contributed by atoms with Gasteiger partial charge in [-0.25, -0.2) is 0 Å². The minimum atomic E-state index is 0.291. The first-order valence-corrected chi connectivity index (χ1v) is 6.52. The van der Waals surface area contributed by atoms with Crippen molar-refractivity contribution in [3.63, 3.8) is 0 Å². The lowest BCUT2D eigenvalue weighted by molar-refractivity contribution is -0.115. The van der Waals surface area contributed by atoms with Crippen LogP contribution in [0.3, 0.4) is 0 Å². The Morgan fingerprint density at radius 2 is 1.88 bits per heavy atom. The van der Waals surface area contributed by atoms with Gasteiger partial charge in [-0.05, 0) is 42.6 Å². The lowest BCUT2D eigenvalue weighted by Crippen LogP contribution is -2.29. The summed E-state index contributed by atoms with van der Waals surface area (Å²) in [5.74, 6) is 0.291. The number of hydrogen-bond acceptors (Lipinski definition) is 1. The van der Waals surface area contributed by atoms with Crippen molar-refractivity contribution >= 4 is 5.78 Å². The van der Waals surface area contributed by atoms with Crippen molar-refractivity contribution in [3.05, 3.63) is 11.6 Å². The average molecular weight is 222 g/mol. The van der Waals surface area contributed by atoms with Gasteiger partial charge in [0.1, 0.15) is 0 Å². The number of rotatable bonds is 4. The molecule has 0 heterocycles. The third kappa shape index (κ3) is 2.56. The molecule has 16 heavy (non-hydrogen) atoms. The summed E-state index contributed by atoms with van der Waals surface area (Å²) in [4.78, 5) is 11.5. The van der Waals surface area contributed by atoms with Gasteiger partial charge in [0.2, 0.25) is 0 Å². The van der Waals surface area contributed by atoms with Gasteiger partial charge in [0.05, 0.1) is 0 Å². The molecule has 1 unspecified atom stereocenters. The standard InChI is InChI=1S/C15H26O/c1-6-13(16)12(2)8-11-15(5)10-7-9-14(15,3)4/h8H,6-7,9-11H2,1-5H3. The number of allylic oxidation sites excluding steroid dienone is 2. The maximum Gasteiger partial charge on any atom is 0.157 e. The van der Waals surface area contributed by atoms with Gasteiger partial charge in [-0.3, -0.25) is 4.79 Å². The van der Waals surface area contributed by atoms with Crippen LogP contribution in [0.15, 0.2) is 11.6 Å². The summed E-state index contributed by atoms with van der Waals surface area (Å²) in [5, 5.41) is 0. The van der Waals surface area contributed by atoms with Crippen LogP contribution in [0.1, 0.15) is 66.7 Å². The zero-order chi connectivity index (χ0) is 12.4. The van der Waals surface area contributed by atoms with Crippen LogP contribution in [-0.2, 0) is 4.79 Å². The summed E-state index contributed by atoms with van der Waals surface area (Å²) < 4.78 is 0. The summed E-state index contributed by atoms with van der Waals surface area (Å²) in [6.07, 6.45) is 7.79. The molecule has 0 aromatic carbocycles. The topological polar surface area (TPSA) is 17.1 Å². The molecule has 92 valence electrons. The molecule has 1 heteroatoms.